The number of pyridine rings is 2. The maximum atomic E-state index is 11.6. The molecule has 7 heteroatoms. The summed E-state index contributed by atoms with van der Waals surface area (Å²) in [5, 5.41) is 6.33. The average molecular weight is 386 g/mol. The second kappa shape index (κ2) is 7.00. The molecule has 4 heterocycles. The zero-order valence-corrected chi connectivity index (χ0v) is 16.6. The molecule has 0 radical (unpaired) electrons. The summed E-state index contributed by atoms with van der Waals surface area (Å²) in [7, 11) is 0. The molecule has 4 rings (SSSR count). The van der Waals surface area contributed by atoms with Gasteiger partial charge in [-0.15, -0.1) is 0 Å². The Balaban J connectivity index is 1.73. The zero-order valence-electron chi connectivity index (χ0n) is 15.9. The molecule has 1 saturated heterocycles. The predicted molar refractivity (Wildman–Crippen MR) is 108 cm³/mol. The highest BCUT2D eigenvalue weighted by atomic mass is 35.5. The van der Waals surface area contributed by atoms with Crippen LogP contribution in [0.15, 0.2) is 29.1 Å². The molecular formula is C20H24ClN5O. The fraction of sp³-hybridized carbons (Fsp3) is 0.450. The van der Waals surface area contributed by atoms with Crippen LogP contribution in [0.2, 0.25) is 5.15 Å². The molecule has 1 unspecified atom stereocenters. The first-order valence-corrected chi connectivity index (χ1v) is 9.81. The van der Waals surface area contributed by atoms with Crippen molar-refractivity contribution >= 4 is 28.5 Å². The van der Waals surface area contributed by atoms with Gasteiger partial charge in [0.2, 0.25) is 5.56 Å². The van der Waals surface area contributed by atoms with E-state index in [4.69, 9.17) is 16.6 Å². The largest absolute Gasteiger partial charge is 0.349 e. The van der Waals surface area contributed by atoms with Gasteiger partial charge in [0.1, 0.15) is 16.6 Å². The van der Waals surface area contributed by atoms with E-state index in [0.717, 1.165) is 53.5 Å². The van der Waals surface area contributed by atoms with Crippen molar-refractivity contribution in [3.05, 3.63) is 51.0 Å². The van der Waals surface area contributed by atoms with Gasteiger partial charge in [0.25, 0.3) is 0 Å². The number of rotatable bonds is 4. The Bertz CT molecular complexity index is 1040. The molecule has 0 aromatic carbocycles. The second-order valence-electron chi connectivity index (χ2n) is 7.65. The van der Waals surface area contributed by atoms with Gasteiger partial charge in [-0.3, -0.25) is 9.48 Å². The van der Waals surface area contributed by atoms with Gasteiger partial charge in [-0.1, -0.05) is 25.4 Å². The van der Waals surface area contributed by atoms with Crippen LogP contribution in [0.1, 0.15) is 44.0 Å². The number of halogens is 1. The predicted octanol–water partition coefficient (Wildman–Crippen LogP) is 4.08. The van der Waals surface area contributed by atoms with Crippen LogP contribution in [-0.4, -0.2) is 26.3 Å². The normalized spacial score (nSPS) is 17.4. The smallest absolute Gasteiger partial charge is 0.249 e. The molecule has 1 aliphatic heterocycles. The summed E-state index contributed by atoms with van der Waals surface area (Å²) < 4.78 is 1.92. The number of aromatic amines is 1. The van der Waals surface area contributed by atoms with Gasteiger partial charge in [0, 0.05) is 30.1 Å². The average Bonchev–Trinajstić information content (AvgIpc) is 3.18. The fourth-order valence-corrected chi connectivity index (χ4v) is 4.30. The Morgan fingerprint density at radius 2 is 2.07 bits per heavy atom. The molecule has 1 atom stereocenters. The van der Waals surface area contributed by atoms with Crippen molar-refractivity contribution < 1.29 is 0 Å². The SMILES string of the molecule is Cc1nn(CC(C)C)c(Cl)c1C1CCCN1c1ccc2ccc(=O)[nH]c2n1. The maximum Gasteiger partial charge on any atom is 0.249 e. The monoisotopic (exact) mass is 385 g/mol. The van der Waals surface area contributed by atoms with Crippen molar-refractivity contribution in [2.75, 3.05) is 11.4 Å². The van der Waals surface area contributed by atoms with Gasteiger partial charge in [0.15, 0.2) is 0 Å². The van der Waals surface area contributed by atoms with Crippen LogP contribution in [0.3, 0.4) is 0 Å². The molecule has 1 fully saturated rings. The lowest BCUT2D eigenvalue weighted by Gasteiger charge is -2.26. The van der Waals surface area contributed by atoms with E-state index in [0.29, 0.717) is 11.6 Å². The summed E-state index contributed by atoms with van der Waals surface area (Å²) in [6.45, 7) is 8.07. The third kappa shape index (κ3) is 3.34. The van der Waals surface area contributed by atoms with Crippen molar-refractivity contribution in [3.8, 4) is 0 Å². The van der Waals surface area contributed by atoms with Crippen LogP contribution in [0.5, 0.6) is 0 Å². The van der Waals surface area contributed by atoms with E-state index in [1.54, 1.807) is 6.07 Å². The van der Waals surface area contributed by atoms with Gasteiger partial charge in [-0.2, -0.15) is 5.10 Å². The Morgan fingerprint density at radius 3 is 2.85 bits per heavy atom. The minimum atomic E-state index is -0.140. The van der Waals surface area contributed by atoms with Crippen LogP contribution >= 0.6 is 11.6 Å². The van der Waals surface area contributed by atoms with E-state index in [-0.39, 0.29) is 11.6 Å². The molecule has 6 nitrogen and oxygen atoms in total. The van der Waals surface area contributed by atoms with Crippen molar-refractivity contribution in [1.82, 2.24) is 19.7 Å². The summed E-state index contributed by atoms with van der Waals surface area (Å²) in [4.78, 5) is 21.5. The molecular weight excluding hydrogens is 362 g/mol. The number of hydrogen-bond donors (Lipinski definition) is 1. The van der Waals surface area contributed by atoms with E-state index in [1.165, 1.54) is 6.07 Å². The summed E-state index contributed by atoms with van der Waals surface area (Å²) in [6.07, 6.45) is 2.08. The number of anilines is 1. The van der Waals surface area contributed by atoms with Crippen molar-refractivity contribution in [2.45, 2.75) is 46.2 Å². The summed E-state index contributed by atoms with van der Waals surface area (Å²) in [5.41, 5.74) is 2.55. The summed E-state index contributed by atoms with van der Waals surface area (Å²) in [6, 6.07) is 7.48. The van der Waals surface area contributed by atoms with Crippen LogP contribution in [0.25, 0.3) is 11.0 Å². The number of aromatic nitrogens is 4. The standard InChI is InChI=1S/C20H24ClN5O/c1-12(2)11-26-19(21)18(13(3)24-26)15-5-4-10-25(15)16-8-6-14-7-9-17(27)23-20(14)22-16/h6-9,12,15H,4-5,10-11H2,1-3H3,(H,22,23,27). The minimum Gasteiger partial charge on any atom is -0.349 e. The first-order chi connectivity index (χ1) is 12.9. The molecule has 3 aromatic rings. The fourth-order valence-electron chi connectivity index (χ4n) is 3.93. The first kappa shape index (κ1) is 18.0. The Kier molecular flexibility index (Phi) is 4.68. The molecule has 0 bridgehead atoms. The molecule has 27 heavy (non-hydrogen) atoms. The lowest BCUT2D eigenvalue weighted by Crippen LogP contribution is -2.24. The number of H-pyrrole nitrogens is 1. The number of nitrogens with one attached hydrogen (secondary N) is 1. The molecule has 0 aliphatic carbocycles. The summed E-state index contributed by atoms with van der Waals surface area (Å²) >= 11 is 6.73. The molecule has 1 N–H and O–H groups in total. The van der Waals surface area contributed by atoms with Gasteiger partial charge in [-0.05, 0) is 43.9 Å². The van der Waals surface area contributed by atoms with Gasteiger partial charge < -0.3 is 9.88 Å². The van der Waals surface area contributed by atoms with E-state index < -0.39 is 0 Å². The van der Waals surface area contributed by atoms with Crippen molar-refractivity contribution in [1.29, 1.82) is 0 Å². The molecule has 0 saturated carbocycles. The highest BCUT2D eigenvalue weighted by molar-refractivity contribution is 6.30. The molecule has 0 spiro atoms. The van der Waals surface area contributed by atoms with E-state index in [9.17, 15) is 4.79 Å². The second-order valence-corrected chi connectivity index (χ2v) is 8.01. The Hall–Kier alpha value is -2.34. The number of aryl methyl sites for hydroxylation is 1. The van der Waals surface area contributed by atoms with E-state index in [1.807, 2.05) is 23.7 Å². The lowest BCUT2D eigenvalue weighted by atomic mass is 10.1. The third-order valence-electron chi connectivity index (χ3n) is 5.10. The van der Waals surface area contributed by atoms with Crippen molar-refractivity contribution in [2.24, 2.45) is 5.92 Å². The topological polar surface area (TPSA) is 66.8 Å². The summed E-state index contributed by atoms with van der Waals surface area (Å²) in [5.74, 6) is 1.34. The maximum absolute atomic E-state index is 11.6. The van der Waals surface area contributed by atoms with Gasteiger partial charge >= 0.3 is 0 Å². The Labute approximate surface area is 163 Å². The van der Waals surface area contributed by atoms with Crippen molar-refractivity contribution in [3.63, 3.8) is 0 Å². The quantitative estimate of drug-likeness (QED) is 0.734. The molecule has 142 valence electrons. The highest BCUT2D eigenvalue weighted by Gasteiger charge is 2.32. The third-order valence-corrected chi connectivity index (χ3v) is 5.49. The molecule has 3 aromatic heterocycles. The van der Waals surface area contributed by atoms with Crippen LogP contribution in [-0.2, 0) is 6.54 Å². The zero-order chi connectivity index (χ0) is 19.1. The number of fused-ring (bicyclic) bond motifs is 1. The molecule has 0 amide bonds. The van der Waals surface area contributed by atoms with Gasteiger partial charge in [-0.25, -0.2) is 4.98 Å². The van der Waals surface area contributed by atoms with Crippen LogP contribution in [0.4, 0.5) is 5.82 Å². The number of nitrogens with zero attached hydrogens (tertiary/aromatic N) is 4. The minimum absolute atomic E-state index is 0.140. The molecule has 1 aliphatic rings. The van der Waals surface area contributed by atoms with E-state index >= 15 is 0 Å². The number of hydrogen-bond acceptors (Lipinski definition) is 4. The Morgan fingerprint density at radius 1 is 1.30 bits per heavy atom. The first-order valence-electron chi connectivity index (χ1n) is 9.43. The van der Waals surface area contributed by atoms with Crippen LogP contribution in [0, 0.1) is 12.8 Å². The van der Waals surface area contributed by atoms with Crippen LogP contribution < -0.4 is 10.5 Å². The van der Waals surface area contributed by atoms with E-state index in [2.05, 4.69) is 28.8 Å². The van der Waals surface area contributed by atoms with Gasteiger partial charge in [0.05, 0.1) is 11.7 Å². The lowest BCUT2D eigenvalue weighted by molar-refractivity contribution is 0.481. The highest BCUT2D eigenvalue weighted by Crippen LogP contribution is 2.40.